The van der Waals surface area contributed by atoms with Gasteiger partial charge in [-0.1, -0.05) is 0 Å². The number of nitrogens with zero attached hydrogens (tertiary/aromatic N) is 2. The third-order valence-electron chi connectivity index (χ3n) is 4.34. The number of hydrogen-bond donors (Lipinski definition) is 0. The molecular formula is C16H21ClN2O2. The van der Waals surface area contributed by atoms with E-state index in [0.29, 0.717) is 12.1 Å². The number of hydrogen-bond acceptors (Lipinski definition) is 3. The van der Waals surface area contributed by atoms with Crippen LogP contribution in [0.4, 0.5) is 0 Å². The third-order valence-corrected chi connectivity index (χ3v) is 4.53. The summed E-state index contributed by atoms with van der Waals surface area (Å²) in [5, 5.41) is -0.120. The van der Waals surface area contributed by atoms with E-state index in [4.69, 9.17) is 26.1 Å². The largest absolute Gasteiger partial charge is 0.497 e. The summed E-state index contributed by atoms with van der Waals surface area (Å²) in [5.41, 5.74) is 2.07. The second-order valence-electron chi connectivity index (χ2n) is 5.64. The van der Waals surface area contributed by atoms with Gasteiger partial charge in [0.2, 0.25) is 0 Å². The molecule has 0 aliphatic heterocycles. The second kappa shape index (κ2) is 5.85. The molecule has 4 nitrogen and oxygen atoms in total. The molecule has 0 radical (unpaired) electrons. The molecule has 1 heterocycles. The molecule has 1 aromatic heterocycles. The smallest absolute Gasteiger partial charge is 0.127 e. The molecule has 0 bridgehead atoms. The van der Waals surface area contributed by atoms with Gasteiger partial charge in [-0.2, -0.15) is 0 Å². The van der Waals surface area contributed by atoms with E-state index >= 15 is 0 Å². The lowest BCUT2D eigenvalue weighted by Gasteiger charge is -2.18. The fourth-order valence-corrected chi connectivity index (χ4v) is 3.40. The number of ether oxygens (including phenoxy) is 2. The van der Waals surface area contributed by atoms with Crippen LogP contribution in [0.1, 0.15) is 43.4 Å². The van der Waals surface area contributed by atoms with Crippen molar-refractivity contribution in [2.75, 3.05) is 14.2 Å². The summed E-state index contributed by atoms with van der Waals surface area (Å²) in [6.07, 6.45) is 3.52. The summed E-state index contributed by atoms with van der Waals surface area (Å²) in [6.45, 7) is 1.97. The molecule has 2 aromatic rings. The Hall–Kier alpha value is -1.26. The van der Waals surface area contributed by atoms with Crippen molar-refractivity contribution in [1.82, 2.24) is 9.55 Å². The molecule has 0 spiro atoms. The Morgan fingerprint density at radius 1 is 1.33 bits per heavy atom. The average Bonchev–Trinajstić information content (AvgIpc) is 3.09. The number of methoxy groups -OCH3 is 2. The standard InChI is InChI=1S/C16H21ClN2O2/c1-10(17)16-18-14-7-6-13(21-3)9-15(14)19(16)11-4-5-12(8-11)20-2/h6-7,9-12H,4-5,8H2,1-3H3. The molecule has 1 aliphatic carbocycles. The van der Waals surface area contributed by atoms with Crippen molar-refractivity contribution >= 4 is 22.6 Å². The van der Waals surface area contributed by atoms with Gasteiger partial charge in [-0.3, -0.25) is 0 Å². The van der Waals surface area contributed by atoms with E-state index in [1.807, 2.05) is 25.1 Å². The van der Waals surface area contributed by atoms with Crippen molar-refractivity contribution in [1.29, 1.82) is 0 Å². The minimum Gasteiger partial charge on any atom is -0.497 e. The van der Waals surface area contributed by atoms with Gasteiger partial charge in [-0.05, 0) is 38.3 Å². The molecular weight excluding hydrogens is 288 g/mol. The van der Waals surface area contributed by atoms with Gasteiger partial charge in [0.05, 0.1) is 29.6 Å². The molecule has 1 aromatic carbocycles. The van der Waals surface area contributed by atoms with Gasteiger partial charge in [0.1, 0.15) is 11.6 Å². The molecule has 1 fully saturated rings. The first-order valence-corrected chi connectivity index (χ1v) is 7.80. The van der Waals surface area contributed by atoms with E-state index in [-0.39, 0.29) is 5.38 Å². The van der Waals surface area contributed by atoms with Gasteiger partial charge in [0.25, 0.3) is 0 Å². The van der Waals surface area contributed by atoms with Gasteiger partial charge in [0.15, 0.2) is 0 Å². The van der Waals surface area contributed by atoms with Gasteiger partial charge >= 0.3 is 0 Å². The number of halogens is 1. The Balaban J connectivity index is 2.11. The van der Waals surface area contributed by atoms with E-state index in [1.54, 1.807) is 14.2 Å². The van der Waals surface area contributed by atoms with Crippen LogP contribution < -0.4 is 4.74 Å². The zero-order valence-electron chi connectivity index (χ0n) is 12.7. The van der Waals surface area contributed by atoms with Crippen LogP contribution >= 0.6 is 11.6 Å². The monoisotopic (exact) mass is 308 g/mol. The van der Waals surface area contributed by atoms with Crippen LogP contribution in [0.15, 0.2) is 18.2 Å². The Morgan fingerprint density at radius 2 is 2.14 bits per heavy atom. The van der Waals surface area contributed by atoms with Crippen molar-refractivity contribution in [3.05, 3.63) is 24.0 Å². The molecule has 0 saturated heterocycles. The molecule has 5 heteroatoms. The SMILES string of the molecule is COc1ccc2nc(C(C)Cl)n(C3CCC(OC)C3)c2c1. The summed E-state index contributed by atoms with van der Waals surface area (Å²) in [5.74, 6) is 1.78. The quantitative estimate of drug-likeness (QED) is 0.798. The summed E-state index contributed by atoms with van der Waals surface area (Å²) in [6, 6.07) is 6.37. The van der Waals surface area contributed by atoms with E-state index in [0.717, 1.165) is 41.9 Å². The molecule has 0 N–H and O–H groups in total. The van der Waals surface area contributed by atoms with Gasteiger partial charge in [-0.25, -0.2) is 4.98 Å². The molecule has 1 saturated carbocycles. The van der Waals surface area contributed by atoms with Crippen LogP contribution in [0, 0.1) is 0 Å². The number of fused-ring (bicyclic) bond motifs is 1. The first kappa shape index (κ1) is 14.7. The highest BCUT2D eigenvalue weighted by atomic mass is 35.5. The number of imidazole rings is 1. The Kier molecular flexibility index (Phi) is 4.09. The van der Waals surface area contributed by atoms with Crippen molar-refractivity contribution < 1.29 is 9.47 Å². The second-order valence-corrected chi connectivity index (χ2v) is 6.29. The highest BCUT2D eigenvalue weighted by molar-refractivity contribution is 6.20. The Morgan fingerprint density at radius 3 is 2.76 bits per heavy atom. The predicted octanol–water partition coefficient (Wildman–Crippen LogP) is 4.08. The number of benzene rings is 1. The number of rotatable bonds is 4. The first-order chi connectivity index (χ1) is 10.1. The molecule has 3 atom stereocenters. The zero-order chi connectivity index (χ0) is 15.0. The van der Waals surface area contributed by atoms with Crippen LogP contribution in [0.5, 0.6) is 5.75 Å². The van der Waals surface area contributed by atoms with E-state index < -0.39 is 0 Å². The van der Waals surface area contributed by atoms with Gasteiger partial charge < -0.3 is 14.0 Å². The molecule has 21 heavy (non-hydrogen) atoms. The molecule has 114 valence electrons. The Bertz CT molecular complexity index is 638. The van der Waals surface area contributed by atoms with Crippen molar-refractivity contribution in [2.45, 2.75) is 43.7 Å². The van der Waals surface area contributed by atoms with E-state index in [9.17, 15) is 0 Å². The lowest BCUT2D eigenvalue weighted by molar-refractivity contribution is 0.106. The molecule has 3 rings (SSSR count). The van der Waals surface area contributed by atoms with Crippen LogP contribution in [0.3, 0.4) is 0 Å². The van der Waals surface area contributed by atoms with Crippen molar-refractivity contribution in [3.63, 3.8) is 0 Å². The normalized spacial score (nSPS) is 23.6. The van der Waals surface area contributed by atoms with Crippen LogP contribution in [0.25, 0.3) is 11.0 Å². The van der Waals surface area contributed by atoms with Crippen molar-refractivity contribution in [3.8, 4) is 5.75 Å². The lowest BCUT2D eigenvalue weighted by atomic mass is 10.2. The summed E-state index contributed by atoms with van der Waals surface area (Å²) in [7, 11) is 3.47. The van der Waals surface area contributed by atoms with Crippen molar-refractivity contribution in [2.24, 2.45) is 0 Å². The molecule has 1 aliphatic rings. The average molecular weight is 309 g/mol. The minimum atomic E-state index is -0.120. The zero-order valence-corrected chi connectivity index (χ0v) is 13.4. The first-order valence-electron chi connectivity index (χ1n) is 7.36. The maximum atomic E-state index is 6.36. The van der Waals surface area contributed by atoms with Crippen LogP contribution in [-0.4, -0.2) is 29.9 Å². The maximum Gasteiger partial charge on any atom is 0.127 e. The summed E-state index contributed by atoms with van der Waals surface area (Å²) < 4.78 is 13.1. The molecule has 0 amide bonds. The van der Waals surface area contributed by atoms with Crippen LogP contribution in [0.2, 0.25) is 0 Å². The Labute approximate surface area is 130 Å². The van der Waals surface area contributed by atoms with Gasteiger partial charge in [0, 0.05) is 19.2 Å². The lowest BCUT2D eigenvalue weighted by Crippen LogP contribution is -2.12. The van der Waals surface area contributed by atoms with E-state index in [1.165, 1.54) is 0 Å². The minimum absolute atomic E-state index is 0.120. The maximum absolute atomic E-state index is 6.36. The summed E-state index contributed by atoms with van der Waals surface area (Å²) >= 11 is 6.36. The topological polar surface area (TPSA) is 36.3 Å². The number of alkyl halides is 1. The van der Waals surface area contributed by atoms with Crippen LogP contribution in [-0.2, 0) is 4.74 Å². The predicted molar refractivity (Wildman–Crippen MR) is 84.2 cm³/mol. The fourth-order valence-electron chi connectivity index (χ4n) is 3.25. The van der Waals surface area contributed by atoms with E-state index in [2.05, 4.69) is 4.57 Å². The molecule has 3 unspecified atom stereocenters. The summed E-state index contributed by atoms with van der Waals surface area (Å²) in [4.78, 5) is 4.72. The fraction of sp³-hybridized carbons (Fsp3) is 0.562. The highest BCUT2D eigenvalue weighted by Gasteiger charge is 2.29. The number of aromatic nitrogens is 2. The van der Waals surface area contributed by atoms with Gasteiger partial charge in [-0.15, -0.1) is 11.6 Å². The third kappa shape index (κ3) is 2.62. The highest BCUT2D eigenvalue weighted by Crippen LogP contribution is 2.38.